The second-order valence-corrected chi connectivity index (χ2v) is 2.75. The zero-order chi connectivity index (χ0) is 5.21. The van der Waals surface area contributed by atoms with Crippen molar-refractivity contribution in [2.45, 2.75) is 4.52 Å². The van der Waals surface area contributed by atoms with Gasteiger partial charge in [-0.1, -0.05) is 39.1 Å². The Hall–Kier alpha value is 1.02. The van der Waals surface area contributed by atoms with E-state index in [1.54, 1.807) is 0 Å². The second kappa shape index (κ2) is 2.36. The lowest BCUT2D eigenvalue weighted by atomic mass is 10.9. The summed E-state index contributed by atoms with van der Waals surface area (Å²) in [4.78, 5) is 0. The van der Waals surface area contributed by atoms with Crippen molar-refractivity contribution in [3.8, 4) is 0 Å². The van der Waals surface area contributed by atoms with Crippen molar-refractivity contribution in [2.75, 3.05) is 5.33 Å². The first-order valence-corrected chi connectivity index (χ1v) is 3.08. The molecule has 0 saturated carbocycles. The maximum Gasteiger partial charge on any atom is 0.259 e. The topological polar surface area (TPSA) is 19.9 Å². The van der Waals surface area contributed by atoms with Crippen LogP contribution in [0, 0.1) is 0 Å². The van der Waals surface area contributed by atoms with Crippen LogP contribution in [0.5, 0.6) is 0 Å². The van der Waals surface area contributed by atoms with E-state index in [2.05, 4.69) is 15.9 Å². The molecule has 0 aromatic rings. The van der Waals surface area contributed by atoms with Gasteiger partial charge in [-0.25, -0.2) is 0 Å². The average molecular weight is 193 g/mol. The van der Waals surface area contributed by atoms with Gasteiger partial charge in [0.05, 0.1) is 5.33 Å². The normalized spacial score (nSPS) is 12.0. The van der Waals surface area contributed by atoms with Crippen LogP contribution in [-0.2, 0) is 5.11 Å². The van der Waals surface area contributed by atoms with Crippen LogP contribution in [0.4, 0.5) is 0 Å². The van der Waals surface area contributed by atoms with Gasteiger partial charge in [0, 0.05) is 0 Å². The van der Waals surface area contributed by atoms with E-state index in [9.17, 15) is 5.11 Å². The molecular weight excluding hydrogens is 191 g/mol. The Kier molecular flexibility index (Phi) is 2.76. The van der Waals surface area contributed by atoms with Crippen LogP contribution in [0.15, 0.2) is 0 Å². The molecule has 0 bridgehead atoms. The number of halogens is 3. The van der Waals surface area contributed by atoms with E-state index >= 15 is 0 Å². The quantitative estimate of drug-likeness (QED) is 0.567. The summed E-state index contributed by atoms with van der Waals surface area (Å²) in [6, 6.07) is 0. The number of alkyl halides is 3. The molecule has 0 aromatic heterocycles. The molecule has 1 radical (unpaired) electrons. The average Bonchev–Trinajstić information content (AvgIpc) is 1.35. The summed E-state index contributed by atoms with van der Waals surface area (Å²) in [6.07, 6.45) is 0. The number of rotatable bonds is 1. The van der Waals surface area contributed by atoms with Gasteiger partial charge >= 0.3 is 0 Å². The first-order valence-electron chi connectivity index (χ1n) is 1.20. The number of hydrogen-bond donors (Lipinski definition) is 0. The van der Waals surface area contributed by atoms with Gasteiger partial charge in [-0.15, -0.1) is 0 Å². The van der Waals surface area contributed by atoms with Gasteiger partial charge in [-0.2, -0.15) is 5.11 Å². The second-order valence-electron chi connectivity index (χ2n) is 0.771. The predicted molar refractivity (Wildman–Crippen MR) is 28.9 cm³/mol. The molecular formula is C2H2BrCl2O. The third-order valence-electron chi connectivity index (χ3n) is 0.156. The molecule has 0 saturated heterocycles. The van der Waals surface area contributed by atoms with Crippen molar-refractivity contribution in [3.63, 3.8) is 0 Å². The highest BCUT2D eigenvalue weighted by molar-refractivity contribution is 9.09. The van der Waals surface area contributed by atoms with Crippen LogP contribution in [-0.4, -0.2) is 9.85 Å². The Balaban J connectivity index is 3.17. The van der Waals surface area contributed by atoms with Gasteiger partial charge in [-0.3, -0.25) is 0 Å². The Morgan fingerprint density at radius 2 is 1.83 bits per heavy atom. The van der Waals surface area contributed by atoms with E-state index in [1.165, 1.54) is 0 Å². The molecule has 37 valence electrons. The van der Waals surface area contributed by atoms with E-state index in [0.717, 1.165) is 0 Å². The SMILES string of the molecule is [O]C(Cl)(Cl)CBr. The van der Waals surface area contributed by atoms with Crippen molar-refractivity contribution >= 4 is 39.1 Å². The molecule has 0 N–H and O–H groups in total. The van der Waals surface area contributed by atoms with Crippen molar-refractivity contribution in [1.29, 1.82) is 0 Å². The zero-order valence-electron chi connectivity index (χ0n) is 2.75. The highest BCUT2D eigenvalue weighted by atomic mass is 79.9. The number of hydrogen-bond acceptors (Lipinski definition) is 0. The molecule has 0 fully saturated rings. The van der Waals surface area contributed by atoms with Gasteiger partial charge in [0.25, 0.3) is 4.52 Å². The monoisotopic (exact) mass is 191 g/mol. The molecule has 0 heterocycles. The maximum absolute atomic E-state index is 9.96. The van der Waals surface area contributed by atoms with Crippen molar-refractivity contribution in [3.05, 3.63) is 0 Å². The molecule has 0 unspecified atom stereocenters. The minimum absolute atomic E-state index is 0.0586. The van der Waals surface area contributed by atoms with Gasteiger partial charge in [0.2, 0.25) is 0 Å². The van der Waals surface area contributed by atoms with Gasteiger partial charge in [-0.05, 0) is 0 Å². The van der Waals surface area contributed by atoms with Crippen LogP contribution in [0.25, 0.3) is 0 Å². The first-order chi connectivity index (χ1) is 2.56. The fourth-order valence-electron chi connectivity index (χ4n) is 0. The van der Waals surface area contributed by atoms with Crippen LogP contribution in [0.3, 0.4) is 0 Å². The smallest absolute Gasteiger partial charge is 0.193 e. The molecule has 0 amide bonds. The summed E-state index contributed by atoms with van der Waals surface area (Å²) in [6.45, 7) is 0. The van der Waals surface area contributed by atoms with E-state index < -0.39 is 4.52 Å². The predicted octanol–water partition coefficient (Wildman–Crippen LogP) is 1.94. The molecule has 0 spiro atoms. The summed E-state index contributed by atoms with van der Waals surface area (Å²) in [7, 11) is 0. The summed E-state index contributed by atoms with van der Waals surface area (Å²) in [5, 5.41) is 10.0. The lowest BCUT2D eigenvalue weighted by Gasteiger charge is -1.99. The van der Waals surface area contributed by atoms with Crippen LogP contribution < -0.4 is 0 Å². The van der Waals surface area contributed by atoms with Gasteiger partial charge in [0.15, 0.2) is 0 Å². The van der Waals surface area contributed by atoms with E-state index in [-0.39, 0.29) is 5.33 Å². The molecule has 0 aliphatic carbocycles. The summed E-state index contributed by atoms with van der Waals surface area (Å²) < 4.78 is -1.85. The molecule has 1 nitrogen and oxygen atoms in total. The third kappa shape index (κ3) is 5.02. The molecule has 0 rings (SSSR count). The standard InChI is InChI=1S/C2H2BrCl2O/c3-1-2(4,5)6/h1H2. The van der Waals surface area contributed by atoms with Crippen LogP contribution in [0.1, 0.15) is 0 Å². The fourth-order valence-corrected chi connectivity index (χ4v) is 0. The van der Waals surface area contributed by atoms with E-state index in [4.69, 9.17) is 23.2 Å². The minimum Gasteiger partial charge on any atom is -0.193 e. The maximum atomic E-state index is 9.96. The molecule has 0 atom stereocenters. The fraction of sp³-hybridized carbons (Fsp3) is 1.00. The molecule has 6 heavy (non-hydrogen) atoms. The summed E-state index contributed by atoms with van der Waals surface area (Å²) in [5.74, 6) is 0. The third-order valence-corrected chi connectivity index (χ3v) is 1.86. The van der Waals surface area contributed by atoms with Crippen molar-refractivity contribution in [2.24, 2.45) is 0 Å². The molecule has 4 heteroatoms. The Morgan fingerprint density at radius 3 is 1.83 bits per heavy atom. The van der Waals surface area contributed by atoms with Gasteiger partial charge in [0.1, 0.15) is 0 Å². The van der Waals surface area contributed by atoms with E-state index in [0.29, 0.717) is 0 Å². The minimum atomic E-state index is -1.85. The first kappa shape index (κ1) is 7.02. The Morgan fingerprint density at radius 1 is 1.67 bits per heavy atom. The highest BCUT2D eigenvalue weighted by Crippen LogP contribution is 2.18. The molecule has 0 aliphatic rings. The van der Waals surface area contributed by atoms with Crippen molar-refractivity contribution in [1.82, 2.24) is 0 Å². The van der Waals surface area contributed by atoms with Crippen LogP contribution >= 0.6 is 39.1 Å². The Labute approximate surface area is 54.4 Å². The van der Waals surface area contributed by atoms with Crippen LogP contribution in [0.2, 0.25) is 0 Å². The van der Waals surface area contributed by atoms with E-state index in [1.807, 2.05) is 0 Å². The molecule has 0 aromatic carbocycles. The van der Waals surface area contributed by atoms with Crippen molar-refractivity contribution < 1.29 is 5.11 Å². The molecule has 0 aliphatic heterocycles. The lowest BCUT2D eigenvalue weighted by molar-refractivity contribution is 0.143. The zero-order valence-corrected chi connectivity index (χ0v) is 5.85. The summed E-state index contributed by atoms with van der Waals surface area (Å²) in [5.41, 5.74) is 0. The summed E-state index contributed by atoms with van der Waals surface area (Å²) >= 11 is 12.6. The lowest BCUT2D eigenvalue weighted by Crippen LogP contribution is -2.08. The highest BCUT2D eigenvalue weighted by Gasteiger charge is 2.18. The van der Waals surface area contributed by atoms with Gasteiger partial charge < -0.3 is 0 Å². The largest absolute Gasteiger partial charge is 0.259 e. The Bertz CT molecular complexity index is 41.3.